The van der Waals surface area contributed by atoms with Gasteiger partial charge in [0.2, 0.25) is 5.91 Å². The Morgan fingerprint density at radius 1 is 1.29 bits per heavy atom. The van der Waals surface area contributed by atoms with Crippen LogP contribution < -0.4 is 17.4 Å². The lowest BCUT2D eigenvalue weighted by atomic mass is 10.2. The van der Waals surface area contributed by atoms with Crippen LogP contribution in [0.2, 0.25) is 0 Å². The molecule has 0 radical (unpaired) electrons. The molecular weight excluding hydrogens is 278 g/mol. The molecule has 126 valence electrons. The van der Waals surface area contributed by atoms with E-state index in [1.807, 2.05) is 20.8 Å². The molecule has 8 N–H and O–H groups in total. The second-order valence-electron chi connectivity index (χ2n) is 5.42. The summed E-state index contributed by atoms with van der Waals surface area (Å²) in [7, 11) is 0. The predicted octanol–water partition coefficient (Wildman–Crippen LogP) is -1.59. The smallest absolute Gasteiger partial charge is 0.410 e. The van der Waals surface area contributed by atoms with E-state index in [0.717, 1.165) is 6.42 Å². The molecular formula is C12H29N5O4. The highest BCUT2D eigenvalue weighted by atomic mass is 16.6. The molecule has 0 aliphatic carbocycles. The number of nitrogens with zero attached hydrogens (tertiary/aromatic N) is 2. The summed E-state index contributed by atoms with van der Waals surface area (Å²) in [5.41, 5.74) is 4.88. The van der Waals surface area contributed by atoms with E-state index >= 15 is 0 Å². The summed E-state index contributed by atoms with van der Waals surface area (Å²) in [4.78, 5) is 26.8. The topological polar surface area (TPSA) is 159 Å². The van der Waals surface area contributed by atoms with Crippen LogP contribution in [0.3, 0.4) is 0 Å². The lowest BCUT2D eigenvalue weighted by Gasteiger charge is -2.35. The summed E-state index contributed by atoms with van der Waals surface area (Å²) in [5, 5.41) is 0. The van der Waals surface area contributed by atoms with Crippen molar-refractivity contribution in [3.63, 3.8) is 0 Å². The van der Waals surface area contributed by atoms with Crippen molar-refractivity contribution in [2.24, 2.45) is 17.4 Å². The molecule has 1 saturated heterocycles. The van der Waals surface area contributed by atoms with Gasteiger partial charge in [0.25, 0.3) is 0 Å². The zero-order chi connectivity index (χ0) is 15.8. The van der Waals surface area contributed by atoms with Crippen LogP contribution >= 0.6 is 0 Å². The number of rotatable bonds is 3. The summed E-state index contributed by atoms with van der Waals surface area (Å²) < 4.78 is 5.24. The monoisotopic (exact) mass is 307 g/mol. The molecule has 0 aromatic carbocycles. The van der Waals surface area contributed by atoms with Crippen molar-refractivity contribution in [1.82, 2.24) is 9.80 Å². The minimum Gasteiger partial charge on any atom is -0.444 e. The molecule has 2 amide bonds. The van der Waals surface area contributed by atoms with Gasteiger partial charge < -0.3 is 20.8 Å². The molecule has 0 atom stereocenters. The summed E-state index contributed by atoms with van der Waals surface area (Å²) in [6.45, 7) is 7.83. The van der Waals surface area contributed by atoms with E-state index in [2.05, 4.69) is 11.7 Å². The number of piperazine rings is 1. The van der Waals surface area contributed by atoms with Crippen LogP contribution in [0.25, 0.3) is 0 Å². The zero-order valence-electron chi connectivity index (χ0n) is 13.1. The van der Waals surface area contributed by atoms with Crippen molar-refractivity contribution >= 4 is 12.0 Å². The molecule has 0 saturated carbocycles. The van der Waals surface area contributed by atoms with Crippen molar-refractivity contribution in [1.29, 1.82) is 0 Å². The summed E-state index contributed by atoms with van der Waals surface area (Å²) in [5.74, 6) is 7.96. The van der Waals surface area contributed by atoms with Crippen LogP contribution in [0.15, 0.2) is 0 Å². The highest BCUT2D eigenvalue weighted by Crippen LogP contribution is 2.12. The molecule has 0 spiro atoms. The quantitative estimate of drug-likeness (QED) is 0.421. The van der Waals surface area contributed by atoms with Gasteiger partial charge in [0.05, 0.1) is 0 Å². The van der Waals surface area contributed by atoms with Gasteiger partial charge >= 0.3 is 6.09 Å². The van der Waals surface area contributed by atoms with E-state index < -0.39 is 11.7 Å². The zero-order valence-corrected chi connectivity index (χ0v) is 13.1. The number of hydrazine groups is 1. The Hall–Kier alpha value is -1.42. The Balaban J connectivity index is 0. The molecule has 1 aliphatic heterocycles. The molecule has 1 heterocycles. The molecule has 1 rings (SSSR count). The molecule has 0 unspecified atom stereocenters. The third-order valence-electron chi connectivity index (χ3n) is 2.60. The van der Waals surface area contributed by atoms with Crippen molar-refractivity contribution < 1.29 is 19.8 Å². The fourth-order valence-corrected chi connectivity index (χ4v) is 1.71. The van der Waals surface area contributed by atoms with Crippen molar-refractivity contribution in [3.05, 3.63) is 0 Å². The van der Waals surface area contributed by atoms with E-state index in [0.29, 0.717) is 26.2 Å². The van der Waals surface area contributed by atoms with Crippen molar-refractivity contribution in [3.8, 4) is 0 Å². The Morgan fingerprint density at radius 2 is 1.86 bits per heavy atom. The van der Waals surface area contributed by atoms with Crippen LogP contribution in [-0.2, 0) is 9.53 Å². The number of hydrogen-bond acceptors (Lipinski definition) is 6. The van der Waals surface area contributed by atoms with Gasteiger partial charge in [-0.05, 0) is 33.7 Å². The lowest BCUT2D eigenvalue weighted by molar-refractivity contribution is -0.135. The van der Waals surface area contributed by atoms with Crippen molar-refractivity contribution in [2.45, 2.75) is 32.8 Å². The largest absolute Gasteiger partial charge is 0.444 e. The molecule has 9 nitrogen and oxygen atoms in total. The molecule has 0 aromatic heterocycles. The average Bonchev–Trinajstić information content (AvgIpc) is 2.37. The Labute approximate surface area is 125 Å². The molecule has 9 heteroatoms. The maximum atomic E-state index is 11.8. The molecule has 21 heavy (non-hydrogen) atoms. The highest BCUT2D eigenvalue weighted by Gasteiger charge is 2.29. The Bertz CT molecular complexity index is 319. The first-order valence-electron chi connectivity index (χ1n) is 6.62. The first-order valence-corrected chi connectivity index (χ1v) is 6.62. The van der Waals surface area contributed by atoms with Crippen LogP contribution in [0.5, 0.6) is 0 Å². The van der Waals surface area contributed by atoms with Gasteiger partial charge in [-0.15, -0.1) is 0 Å². The Morgan fingerprint density at radius 3 is 2.29 bits per heavy atom. The second kappa shape index (κ2) is 10.3. The van der Waals surface area contributed by atoms with Gasteiger partial charge in [0, 0.05) is 19.6 Å². The van der Waals surface area contributed by atoms with Gasteiger partial charge in [-0.25, -0.2) is 4.79 Å². The van der Waals surface area contributed by atoms with E-state index in [4.69, 9.17) is 10.5 Å². The maximum Gasteiger partial charge on any atom is 0.410 e. The fourth-order valence-electron chi connectivity index (χ4n) is 1.71. The minimum absolute atomic E-state index is 0. The molecule has 0 bridgehead atoms. The number of nitrogens with two attached hydrogens (primary N) is 3. The highest BCUT2D eigenvalue weighted by molar-refractivity contribution is 5.83. The van der Waals surface area contributed by atoms with Crippen molar-refractivity contribution in [2.75, 3.05) is 32.7 Å². The summed E-state index contributed by atoms with van der Waals surface area (Å²) in [6, 6.07) is 0. The first-order chi connectivity index (χ1) is 9.33. The first kappa shape index (κ1) is 21.9. The second-order valence-corrected chi connectivity index (χ2v) is 5.42. The number of hydrogen-bond donors (Lipinski definition) is 3. The fraction of sp³-hybridized carbons (Fsp3) is 0.833. The standard InChI is InChI=1S/C12H23N3O3.H4N2.H2O/c1-12(2,3)18-11(17)15-8-7-14(6-4-5-13)10(16)9-15;1-2;/h4-9,13H2,1-3H3;1-2H2;1H2. The van der Waals surface area contributed by atoms with E-state index in [-0.39, 0.29) is 17.9 Å². The number of carbonyl (C=O) groups is 2. The van der Waals surface area contributed by atoms with Gasteiger partial charge in [-0.1, -0.05) is 0 Å². The van der Waals surface area contributed by atoms with Gasteiger partial charge in [0.1, 0.15) is 12.1 Å². The van der Waals surface area contributed by atoms with Gasteiger partial charge in [-0.3, -0.25) is 21.4 Å². The van der Waals surface area contributed by atoms with Crippen LogP contribution in [-0.4, -0.2) is 65.6 Å². The van der Waals surface area contributed by atoms with E-state index in [9.17, 15) is 9.59 Å². The average molecular weight is 307 g/mol. The third kappa shape index (κ3) is 8.45. The molecule has 1 fully saturated rings. The predicted molar refractivity (Wildman–Crippen MR) is 80.0 cm³/mol. The number of amides is 2. The summed E-state index contributed by atoms with van der Waals surface area (Å²) >= 11 is 0. The normalized spacial score (nSPS) is 14.9. The van der Waals surface area contributed by atoms with Crippen LogP contribution in [0.4, 0.5) is 4.79 Å². The molecule has 1 aliphatic rings. The SMILES string of the molecule is CC(C)(C)OC(=O)N1CCN(CCCN)C(=O)C1.NN.O. The third-order valence-corrected chi connectivity index (χ3v) is 2.60. The van der Waals surface area contributed by atoms with E-state index in [1.54, 1.807) is 4.90 Å². The minimum atomic E-state index is -0.531. The van der Waals surface area contributed by atoms with Crippen LogP contribution in [0.1, 0.15) is 27.2 Å². The van der Waals surface area contributed by atoms with E-state index in [1.165, 1.54) is 4.90 Å². The number of carbonyl (C=O) groups excluding carboxylic acids is 2. The lowest BCUT2D eigenvalue weighted by Crippen LogP contribution is -2.53. The van der Waals surface area contributed by atoms with Crippen LogP contribution in [0, 0.1) is 0 Å². The Kier molecular flexibility index (Phi) is 10.8. The van der Waals surface area contributed by atoms with Gasteiger partial charge in [-0.2, -0.15) is 0 Å². The maximum absolute atomic E-state index is 11.8. The summed E-state index contributed by atoms with van der Waals surface area (Å²) in [6.07, 6.45) is 0.368. The molecule has 0 aromatic rings. The number of ether oxygens (including phenoxy) is 1. The van der Waals surface area contributed by atoms with Gasteiger partial charge in [0.15, 0.2) is 0 Å².